The van der Waals surface area contributed by atoms with Crippen molar-refractivity contribution < 1.29 is 9.37 Å². The van der Waals surface area contributed by atoms with Gasteiger partial charge in [0, 0.05) is 32.2 Å². The first-order valence-electron chi connectivity index (χ1n) is 9.49. The molecule has 2 aliphatic heterocycles. The SMILES string of the molecule is COc1ccc([C@@H]2[C@@H]3CN(Cc4cccc5nonc45)C[C@@H]3CN2C)cc1. The van der Waals surface area contributed by atoms with Gasteiger partial charge in [0.2, 0.25) is 0 Å². The molecule has 3 atom stereocenters. The molecule has 3 aromatic rings. The monoisotopic (exact) mass is 364 g/mol. The molecule has 6 heteroatoms. The highest BCUT2D eigenvalue weighted by atomic mass is 16.6. The van der Waals surface area contributed by atoms with Crippen LogP contribution in [-0.2, 0) is 6.54 Å². The van der Waals surface area contributed by atoms with E-state index < -0.39 is 0 Å². The molecule has 0 spiro atoms. The van der Waals surface area contributed by atoms with E-state index >= 15 is 0 Å². The van der Waals surface area contributed by atoms with Crippen LogP contribution in [0.4, 0.5) is 0 Å². The Morgan fingerprint density at radius 1 is 1.07 bits per heavy atom. The van der Waals surface area contributed by atoms with Crippen molar-refractivity contribution in [3.63, 3.8) is 0 Å². The molecule has 0 N–H and O–H groups in total. The average molecular weight is 364 g/mol. The number of fused-ring (bicyclic) bond motifs is 2. The highest BCUT2D eigenvalue weighted by molar-refractivity contribution is 5.76. The van der Waals surface area contributed by atoms with Crippen molar-refractivity contribution in [2.75, 3.05) is 33.8 Å². The molecule has 0 unspecified atom stereocenters. The number of ether oxygens (including phenoxy) is 1. The Labute approximate surface area is 158 Å². The van der Waals surface area contributed by atoms with E-state index in [4.69, 9.17) is 9.37 Å². The molecule has 0 aliphatic carbocycles. The second-order valence-electron chi connectivity index (χ2n) is 7.82. The second kappa shape index (κ2) is 6.62. The first kappa shape index (κ1) is 16.7. The molecule has 2 saturated heterocycles. The smallest absolute Gasteiger partial charge is 0.139 e. The van der Waals surface area contributed by atoms with Crippen LogP contribution >= 0.6 is 0 Å². The summed E-state index contributed by atoms with van der Waals surface area (Å²) in [6, 6.07) is 15.2. The lowest BCUT2D eigenvalue weighted by Gasteiger charge is -2.27. The maximum atomic E-state index is 5.32. The zero-order chi connectivity index (χ0) is 18.4. The molecule has 2 aromatic carbocycles. The van der Waals surface area contributed by atoms with E-state index in [2.05, 4.69) is 57.5 Å². The van der Waals surface area contributed by atoms with Crippen molar-refractivity contribution in [2.24, 2.45) is 11.8 Å². The molecule has 5 rings (SSSR count). The molecule has 2 aliphatic rings. The summed E-state index contributed by atoms with van der Waals surface area (Å²) in [7, 11) is 3.96. The van der Waals surface area contributed by atoms with Crippen LogP contribution in [0.1, 0.15) is 17.2 Å². The van der Waals surface area contributed by atoms with Gasteiger partial charge in [-0.2, -0.15) is 0 Å². The van der Waals surface area contributed by atoms with Crippen LogP contribution in [0.25, 0.3) is 11.0 Å². The Hall–Kier alpha value is -2.44. The van der Waals surface area contributed by atoms with Crippen molar-refractivity contribution >= 4 is 11.0 Å². The lowest BCUT2D eigenvalue weighted by Crippen LogP contribution is -2.29. The molecule has 27 heavy (non-hydrogen) atoms. The van der Waals surface area contributed by atoms with Gasteiger partial charge in [-0.3, -0.25) is 9.80 Å². The Balaban J connectivity index is 1.35. The van der Waals surface area contributed by atoms with Crippen molar-refractivity contribution in [2.45, 2.75) is 12.6 Å². The number of benzene rings is 2. The van der Waals surface area contributed by atoms with Gasteiger partial charge in [0.1, 0.15) is 16.8 Å². The fraction of sp³-hybridized carbons (Fsp3) is 0.429. The van der Waals surface area contributed by atoms with Gasteiger partial charge >= 0.3 is 0 Å². The Morgan fingerprint density at radius 3 is 2.74 bits per heavy atom. The van der Waals surface area contributed by atoms with Gasteiger partial charge in [-0.15, -0.1) is 0 Å². The third-order valence-electron chi connectivity index (χ3n) is 6.19. The van der Waals surface area contributed by atoms with E-state index in [1.165, 1.54) is 11.1 Å². The van der Waals surface area contributed by atoms with Gasteiger partial charge in [-0.25, -0.2) is 4.63 Å². The molecule has 6 nitrogen and oxygen atoms in total. The fourth-order valence-corrected chi connectivity index (χ4v) is 5.01. The minimum atomic E-state index is 0.468. The molecule has 3 heterocycles. The second-order valence-corrected chi connectivity index (χ2v) is 7.82. The normalized spacial score (nSPS) is 25.9. The molecule has 0 saturated carbocycles. The number of nitrogens with zero attached hydrogens (tertiary/aromatic N) is 4. The Bertz CT molecular complexity index is 939. The van der Waals surface area contributed by atoms with Crippen molar-refractivity contribution in [1.29, 1.82) is 0 Å². The number of methoxy groups -OCH3 is 1. The summed E-state index contributed by atoms with van der Waals surface area (Å²) in [6.07, 6.45) is 0. The summed E-state index contributed by atoms with van der Waals surface area (Å²) in [6.45, 7) is 4.28. The minimum Gasteiger partial charge on any atom is -0.497 e. The zero-order valence-corrected chi connectivity index (χ0v) is 15.7. The molecule has 0 bridgehead atoms. The fourth-order valence-electron chi connectivity index (χ4n) is 5.01. The zero-order valence-electron chi connectivity index (χ0n) is 15.7. The van der Waals surface area contributed by atoms with E-state index in [9.17, 15) is 0 Å². The summed E-state index contributed by atoms with van der Waals surface area (Å²) in [5, 5.41) is 8.06. The van der Waals surface area contributed by atoms with Crippen LogP contribution in [0.5, 0.6) is 5.75 Å². The quantitative estimate of drug-likeness (QED) is 0.709. The lowest BCUT2D eigenvalue weighted by molar-refractivity contribution is 0.224. The van der Waals surface area contributed by atoms with E-state index in [0.717, 1.165) is 43.0 Å². The maximum absolute atomic E-state index is 5.32. The van der Waals surface area contributed by atoms with Gasteiger partial charge in [0.25, 0.3) is 0 Å². The van der Waals surface area contributed by atoms with Crippen LogP contribution in [0.2, 0.25) is 0 Å². The molecular formula is C21H24N4O2. The molecule has 140 valence electrons. The van der Waals surface area contributed by atoms with Crippen LogP contribution in [0.15, 0.2) is 47.1 Å². The van der Waals surface area contributed by atoms with E-state index in [-0.39, 0.29) is 0 Å². The predicted octanol–water partition coefficient (Wildman–Crippen LogP) is 2.97. The number of hydrogen-bond acceptors (Lipinski definition) is 6. The standard InChI is InChI=1S/C21H24N4O2/c1-24-10-16-12-25(11-15-4-3-5-19-20(15)23-27-22-19)13-18(16)21(24)14-6-8-17(26-2)9-7-14/h3-9,16,18,21H,10-13H2,1-2H3/t16-,18+,21+/m0/s1. The van der Waals surface area contributed by atoms with Crippen LogP contribution in [0.3, 0.4) is 0 Å². The molecule has 1 aromatic heterocycles. The number of aromatic nitrogens is 2. The third kappa shape index (κ3) is 2.89. The summed E-state index contributed by atoms with van der Waals surface area (Å²) in [5.74, 6) is 2.27. The summed E-state index contributed by atoms with van der Waals surface area (Å²) in [4.78, 5) is 5.07. The highest BCUT2D eigenvalue weighted by Crippen LogP contribution is 2.44. The van der Waals surface area contributed by atoms with Gasteiger partial charge in [0.15, 0.2) is 0 Å². The topological polar surface area (TPSA) is 54.6 Å². The highest BCUT2D eigenvalue weighted by Gasteiger charge is 2.45. The van der Waals surface area contributed by atoms with E-state index in [1.54, 1.807) is 7.11 Å². The summed E-state index contributed by atoms with van der Waals surface area (Å²) >= 11 is 0. The van der Waals surface area contributed by atoms with Gasteiger partial charge in [-0.1, -0.05) is 24.3 Å². The summed E-state index contributed by atoms with van der Waals surface area (Å²) in [5.41, 5.74) is 4.31. The van der Waals surface area contributed by atoms with E-state index in [1.807, 2.05) is 12.1 Å². The molecule has 0 amide bonds. The third-order valence-corrected chi connectivity index (χ3v) is 6.19. The maximum Gasteiger partial charge on any atom is 0.139 e. The average Bonchev–Trinajstić information content (AvgIpc) is 3.36. The largest absolute Gasteiger partial charge is 0.497 e. The van der Waals surface area contributed by atoms with Gasteiger partial charge in [0.05, 0.1) is 7.11 Å². The van der Waals surface area contributed by atoms with Crippen LogP contribution in [0, 0.1) is 11.8 Å². The predicted molar refractivity (Wildman–Crippen MR) is 102 cm³/mol. The number of hydrogen-bond donors (Lipinski definition) is 0. The van der Waals surface area contributed by atoms with Crippen LogP contribution in [-0.4, -0.2) is 53.9 Å². The van der Waals surface area contributed by atoms with Crippen molar-refractivity contribution in [3.8, 4) is 5.75 Å². The van der Waals surface area contributed by atoms with E-state index in [0.29, 0.717) is 17.9 Å². The molecule has 0 radical (unpaired) electrons. The number of likely N-dealkylation sites (tertiary alicyclic amines) is 2. The summed E-state index contributed by atoms with van der Waals surface area (Å²) < 4.78 is 10.2. The Kier molecular flexibility index (Phi) is 4.10. The molecular weight excluding hydrogens is 340 g/mol. The van der Waals surface area contributed by atoms with Crippen molar-refractivity contribution in [1.82, 2.24) is 20.1 Å². The molecule has 2 fully saturated rings. The van der Waals surface area contributed by atoms with Crippen molar-refractivity contribution in [3.05, 3.63) is 53.6 Å². The Morgan fingerprint density at radius 2 is 1.93 bits per heavy atom. The lowest BCUT2D eigenvalue weighted by atomic mass is 9.89. The number of rotatable bonds is 4. The first-order chi connectivity index (χ1) is 13.2. The first-order valence-corrected chi connectivity index (χ1v) is 9.49. The minimum absolute atomic E-state index is 0.468. The van der Waals surface area contributed by atoms with Gasteiger partial charge < -0.3 is 4.74 Å². The van der Waals surface area contributed by atoms with Gasteiger partial charge in [-0.05, 0) is 58.5 Å². The van der Waals surface area contributed by atoms with Crippen LogP contribution < -0.4 is 4.74 Å².